The topological polar surface area (TPSA) is 59.0 Å². The summed E-state index contributed by atoms with van der Waals surface area (Å²) in [5, 5.41) is 12.8. The molecule has 1 saturated carbocycles. The maximum atomic E-state index is 12.6. The predicted octanol–water partition coefficient (Wildman–Crippen LogP) is 2.04. The van der Waals surface area contributed by atoms with Crippen molar-refractivity contribution in [1.29, 1.82) is 0 Å². The van der Waals surface area contributed by atoms with E-state index in [9.17, 15) is 4.79 Å². The van der Waals surface area contributed by atoms with Gasteiger partial charge in [-0.25, -0.2) is 0 Å². The molecule has 1 saturated heterocycles. The van der Waals surface area contributed by atoms with Crippen LogP contribution in [0, 0.1) is 17.8 Å². The number of nitrogens with one attached hydrogen (secondary N) is 2. The van der Waals surface area contributed by atoms with Crippen LogP contribution in [-0.4, -0.2) is 28.8 Å². The molecule has 3 atom stereocenters. The third-order valence-electron chi connectivity index (χ3n) is 5.24. The minimum absolute atomic E-state index is 0.146. The van der Waals surface area contributed by atoms with Crippen molar-refractivity contribution in [3.8, 4) is 0 Å². The van der Waals surface area contributed by atoms with Crippen LogP contribution >= 0.6 is 11.6 Å². The lowest BCUT2D eigenvalue weighted by Crippen LogP contribution is -2.43. The SMILES string of the molecule is Cn1nc(C(C)(C)NC(=O)C2[C@H]3CNC[C@@H]23)c2cccc(Cl)c21. The number of para-hydroxylation sites is 1. The number of carbonyl (C=O) groups is 1. The molecule has 23 heavy (non-hydrogen) atoms. The van der Waals surface area contributed by atoms with Gasteiger partial charge in [0.2, 0.25) is 5.91 Å². The second kappa shape index (κ2) is 4.95. The molecule has 1 aliphatic carbocycles. The van der Waals surface area contributed by atoms with Gasteiger partial charge < -0.3 is 10.6 Å². The van der Waals surface area contributed by atoms with Crippen LogP contribution in [0.2, 0.25) is 5.02 Å². The number of hydrogen-bond donors (Lipinski definition) is 2. The summed E-state index contributed by atoms with van der Waals surface area (Å²) in [4.78, 5) is 12.6. The smallest absolute Gasteiger partial charge is 0.224 e. The van der Waals surface area contributed by atoms with E-state index in [1.807, 2.05) is 39.1 Å². The monoisotopic (exact) mass is 332 g/mol. The summed E-state index contributed by atoms with van der Waals surface area (Å²) in [7, 11) is 1.88. The molecule has 1 aliphatic heterocycles. The van der Waals surface area contributed by atoms with Crippen molar-refractivity contribution in [1.82, 2.24) is 20.4 Å². The van der Waals surface area contributed by atoms with E-state index in [4.69, 9.17) is 11.6 Å². The van der Waals surface area contributed by atoms with E-state index in [0.29, 0.717) is 16.9 Å². The minimum atomic E-state index is -0.536. The van der Waals surface area contributed by atoms with E-state index in [-0.39, 0.29) is 11.8 Å². The Hall–Kier alpha value is -1.59. The molecule has 0 spiro atoms. The molecule has 0 bridgehead atoms. The fourth-order valence-corrected chi connectivity index (χ4v) is 4.31. The van der Waals surface area contributed by atoms with Gasteiger partial charge in [0, 0.05) is 18.4 Å². The molecule has 1 aromatic carbocycles. The van der Waals surface area contributed by atoms with Crippen LogP contribution in [0.3, 0.4) is 0 Å². The van der Waals surface area contributed by atoms with E-state index in [2.05, 4.69) is 15.7 Å². The fourth-order valence-electron chi connectivity index (χ4n) is 4.01. The quantitative estimate of drug-likeness (QED) is 0.904. The van der Waals surface area contributed by atoms with Gasteiger partial charge in [-0.3, -0.25) is 9.48 Å². The highest BCUT2D eigenvalue weighted by atomic mass is 35.5. The highest BCUT2D eigenvalue weighted by Crippen LogP contribution is 2.49. The number of aryl methyl sites for hydroxylation is 1. The first-order valence-electron chi connectivity index (χ1n) is 8.04. The number of carbonyl (C=O) groups excluding carboxylic acids is 1. The lowest BCUT2D eigenvalue weighted by molar-refractivity contribution is -0.124. The van der Waals surface area contributed by atoms with Gasteiger partial charge in [0.05, 0.1) is 21.8 Å². The third-order valence-corrected chi connectivity index (χ3v) is 5.54. The summed E-state index contributed by atoms with van der Waals surface area (Å²) < 4.78 is 1.79. The van der Waals surface area contributed by atoms with E-state index >= 15 is 0 Å². The van der Waals surface area contributed by atoms with Crippen LogP contribution in [0.25, 0.3) is 10.9 Å². The van der Waals surface area contributed by atoms with E-state index in [1.165, 1.54) is 0 Å². The first-order valence-corrected chi connectivity index (χ1v) is 8.42. The van der Waals surface area contributed by atoms with Gasteiger partial charge in [0.15, 0.2) is 0 Å². The molecule has 2 aliphatic rings. The Balaban J connectivity index is 1.64. The average Bonchev–Trinajstić information content (AvgIpc) is 2.81. The van der Waals surface area contributed by atoms with Crippen LogP contribution < -0.4 is 10.6 Å². The molecule has 1 unspecified atom stereocenters. The van der Waals surface area contributed by atoms with Crippen molar-refractivity contribution in [2.75, 3.05) is 13.1 Å². The van der Waals surface area contributed by atoms with Gasteiger partial charge in [-0.05, 0) is 44.8 Å². The fraction of sp³-hybridized carbons (Fsp3) is 0.529. The molecular formula is C17H21ClN4O. The molecule has 122 valence electrons. The maximum Gasteiger partial charge on any atom is 0.224 e. The number of halogens is 1. The molecule has 6 heteroatoms. The number of amides is 1. The normalized spacial score (nSPS) is 26.3. The Kier molecular flexibility index (Phi) is 3.22. The number of benzene rings is 1. The number of piperidine rings is 1. The van der Waals surface area contributed by atoms with Gasteiger partial charge in [-0.2, -0.15) is 5.10 Å². The first kappa shape index (κ1) is 15.0. The molecule has 2 aromatic rings. The van der Waals surface area contributed by atoms with E-state index in [0.717, 1.165) is 29.7 Å². The largest absolute Gasteiger partial charge is 0.345 e. The zero-order valence-corrected chi connectivity index (χ0v) is 14.3. The average molecular weight is 333 g/mol. The molecule has 1 amide bonds. The van der Waals surface area contributed by atoms with Crippen molar-refractivity contribution in [2.45, 2.75) is 19.4 Å². The second-order valence-electron chi connectivity index (χ2n) is 7.23. The Labute approximate surface area is 140 Å². The van der Waals surface area contributed by atoms with Crippen molar-refractivity contribution in [2.24, 2.45) is 24.8 Å². The molecule has 2 N–H and O–H groups in total. The highest BCUT2D eigenvalue weighted by Gasteiger charge is 2.57. The number of rotatable bonds is 3. The lowest BCUT2D eigenvalue weighted by Gasteiger charge is -2.25. The van der Waals surface area contributed by atoms with Crippen LogP contribution in [0.1, 0.15) is 19.5 Å². The van der Waals surface area contributed by atoms with Crippen LogP contribution in [0.15, 0.2) is 18.2 Å². The molecule has 5 nitrogen and oxygen atoms in total. The highest BCUT2D eigenvalue weighted by molar-refractivity contribution is 6.35. The maximum absolute atomic E-state index is 12.6. The van der Waals surface area contributed by atoms with Gasteiger partial charge in [0.25, 0.3) is 0 Å². The zero-order chi connectivity index (χ0) is 16.4. The minimum Gasteiger partial charge on any atom is -0.345 e. The molecule has 4 rings (SSSR count). The van der Waals surface area contributed by atoms with Crippen molar-refractivity contribution in [3.63, 3.8) is 0 Å². The number of hydrogen-bond acceptors (Lipinski definition) is 3. The zero-order valence-electron chi connectivity index (χ0n) is 13.6. The Bertz CT molecular complexity index is 787. The van der Waals surface area contributed by atoms with E-state index in [1.54, 1.807) is 4.68 Å². The van der Waals surface area contributed by atoms with Crippen molar-refractivity contribution >= 4 is 28.4 Å². The van der Waals surface area contributed by atoms with Gasteiger partial charge in [-0.1, -0.05) is 23.7 Å². The van der Waals surface area contributed by atoms with Crippen LogP contribution in [-0.2, 0) is 17.4 Å². The number of fused-ring (bicyclic) bond motifs is 2. The summed E-state index contributed by atoms with van der Waals surface area (Å²) in [5.41, 5.74) is 1.22. The molecule has 1 aromatic heterocycles. The Morgan fingerprint density at radius 1 is 1.39 bits per heavy atom. The summed E-state index contributed by atoms with van der Waals surface area (Å²) in [5.74, 6) is 1.34. The van der Waals surface area contributed by atoms with Crippen LogP contribution in [0.5, 0.6) is 0 Å². The number of nitrogens with zero attached hydrogens (tertiary/aromatic N) is 2. The molecule has 2 heterocycles. The Morgan fingerprint density at radius 2 is 2.09 bits per heavy atom. The van der Waals surface area contributed by atoms with Gasteiger partial charge in [0.1, 0.15) is 0 Å². The lowest BCUT2D eigenvalue weighted by atomic mass is 9.96. The summed E-state index contributed by atoms with van der Waals surface area (Å²) in [6, 6.07) is 5.79. The van der Waals surface area contributed by atoms with Crippen molar-refractivity contribution in [3.05, 3.63) is 28.9 Å². The second-order valence-corrected chi connectivity index (χ2v) is 7.64. The number of aromatic nitrogens is 2. The third kappa shape index (κ3) is 2.25. The van der Waals surface area contributed by atoms with Crippen molar-refractivity contribution < 1.29 is 4.79 Å². The molecule has 0 radical (unpaired) electrons. The summed E-state index contributed by atoms with van der Waals surface area (Å²) in [6.07, 6.45) is 0. The van der Waals surface area contributed by atoms with Gasteiger partial charge >= 0.3 is 0 Å². The molecule has 2 fully saturated rings. The van der Waals surface area contributed by atoms with E-state index < -0.39 is 5.54 Å². The molecular weight excluding hydrogens is 312 g/mol. The van der Waals surface area contributed by atoms with Crippen LogP contribution in [0.4, 0.5) is 0 Å². The standard InChI is InChI=1S/C17H21ClN4O/c1-17(2,20-16(23)13-10-7-19-8-11(10)13)15-9-5-4-6-12(18)14(9)22(3)21-15/h4-6,10-11,13,19H,7-8H2,1-3H3,(H,20,23)/t10-,11+,13?. The van der Waals surface area contributed by atoms with Gasteiger partial charge in [-0.15, -0.1) is 0 Å². The first-order chi connectivity index (χ1) is 10.9. The summed E-state index contributed by atoms with van der Waals surface area (Å²) in [6.45, 7) is 5.94. The predicted molar refractivity (Wildman–Crippen MR) is 90.2 cm³/mol. The Morgan fingerprint density at radius 3 is 2.78 bits per heavy atom. The summed E-state index contributed by atoms with van der Waals surface area (Å²) >= 11 is 6.30.